The molecule has 110 valence electrons. The molecule has 0 spiro atoms. The van der Waals surface area contributed by atoms with Crippen molar-refractivity contribution in [2.75, 3.05) is 17.2 Å². The van der Waals surface area contributed by atoms with Crippen LogP contribution in [0, 0.1) is 5.82 Å². The van der Waals surface area contributed by atoms with Crippen molar-refractivity contribution >= 4 is 44.9 Å². The predicted molar refractivity (Wildman–Crippen MR) is 85.5 cm³/mol. The van der Waals surface area contributed by atoms with E-state index < -0.39 is 11.7 Å². The van der Waals surface area contributed by atoms with Gasteiger partial charge in [-0.3, -0.25) is 4.79 Å². The summed E-state index contributed by atoms with van der Waals surface area (Å²) in [4.78, 5) is 16.2. The molecule has 1 aromatic heterocycles. The van der Waals surface area contributed by atoms with Gasteiger partial charge in [0.05, 0.1) is 17.4 Å². The van der Waals surface area contributed by atoms with E-state index in [1.54, 1.807) is 18.2 Å². The monoisotopic (exact) mass is 371 g/mol. The summed E-state index contributed by atoms with van der Waals surface area (Å²) in [6, 6.07) is 6.14. The molecule has 1 heterocycles. The van der Waals surface area contributed by atoms with E-state index in [1.807, 2.05) is 6.92 Å². The number of amides is 1. The van der Waals surface area contributed by atoms with Crippen molar-refractivity contribution in [1.29, 1.82) is 0 Å². The van der Waals surface area contributed by atoms with Crippen molar-refractivity contribution < 1.29 is 9.18 Å². The third kappa shape index (κ3) is 3.92. The van der Waals surface area contributed by atoms with Gasteiger partial charge >= 0.3 is 0 Å². The van der Waals surface area contributed by atoms with E-state index in [1.165, 1.54) is 0 Å². The zero-order chi connectivity index (χ0) is 15.4. The Hall–Kier alpha value is -1.66. The second kappa shape index (κ2) is 6.87. The predicted octanol–water partition coefficient (Wildman–Crippen LogP) is 4.32. The molecular formula is C14H12BrClFN3O. The molecule has 0 bridgehead atoms. The van der Waals surface area contributed by atoms with Crippen molar-refractivity contribution in [3.05, 3.63) is 51.3 Å². The molecule has 0 aliphatic carbocycles. The Balaban J connectivity index is 2.31. The number of anilines is 2. The molecule has 0 atom stereocenters. The number of pyridine rings is 1. The molecular weight excluding hydrogens is 361 g/mol. The normalized spacial score (nSPS) is 10.3. The van der Waals surface area contributed by atoms with Crippen molar-refractivity contribution in [2.45, 2.75) is 6.92 Å². The molecule has 0 aliphatic rings. The van der Waals surface area contributed by atoms with Gasteiger partial charge in [0, 0.05) is 16.0 Å². The number of nitrogens with one attached hydrogen (secondary N) is 2. The first-order valence-corrected chi connectivity index (χ1v) is 7.34. The molecule has 7 heteroatoms. The molecule has 0 radical (unpaired) electrons. The summed E-state index contributed by atoms with van der Waals surface area (Å²) in [5.41, 5.74) is 0.628. The van der Waals surface area contributed by atoms with Gasteiger partial charge in [0.15, 0.2) is 0 Å². The minimum Gasteiger partial charge on any atom is -0.370 e. The fourth-order valence-corrected chi connectivity index (χ4v) is 2.22. The highest BCUT2D eigenvalue weighted by atomic mass is 79.9. The molecule has 0 saturated heterocycles. The van der Waals surface area contributed by atoms with Gasteiger partial charge in [-0.1, -0.05) is 11.6 Å². The molecule has 21 heavy (non-hydrogen) atoms. The Morgan fingerprint density at radius 3 is 2.90 bits per heavy atom. The lowest BCUT2D eigenvalue weighted by Gasteiger charge is -2.11. The average Bonchev–Trinajstić information content (AvgIpc) is 2.45. The van der Waals surface area contributed by atoms with E-state index in [0.717, 1.165) is 12.3 Å². The summed E-state index contributed by atoms with van der Waals surface area (Å²) in [5.74, 6) is -0.720. The highest BCUT2D eigenvalue weighted by molar-refractivity contribution is 9.10. The lowest BCUT2D eigenvalue weighted by atomic mass is 10.2. The van der Waals surface area contributed by atoms with Crippen LogP contribution in [-0.2, 0) is 0 Å². The van der Waals surface area contributed by atoms with Crippen LogP contribution < -0.4 is 10.6 Å². The summed E-state index contributed by atoms with van der Waals surface area (Å²) in [7, 11) is 0. The summed E-state index contributed by atoms with van der Waals surface area (Å²) >= 11 is 9.21. The lowest BCUT2D eigenvalue weighted by molar-refractivity contribution is 0.102. The SMILES string of the molecule is CCNc1ncc(F)cc1C(=O)Nc1cc(Cl)ccc1Br. The molecule has 2 N–H and O–H groups in total. The van der Waals surface area contributed by atoms with E-state index in [0.29, 0.717) is 27.5 Å². The molecule has 2 rings (SSSR count). The summed E-state index contributed by atoms with van der Waals surface area (Å²) in [6.07, 6.45) is 1.06. The molecule has 0 saturated carbocycles. The van der Waals surface area contributed by atoms with Gasteiger partial charge in [-0.25, -0.2) is 9.37 Å². The molecule has 1 amide bonds. The van der Waals surface area contributed by atoms with Gasteiger partial charge < -0.3 is 10.6 Å². The Labute approximate surface area is 134 Å². The van der Waals surface area contributed by atoms with Gasteiger partial charge in [0.2, 0.25) is 0 Å². The van der Waals surface area contributed by atoms with Crippen molar-refractivity contribution in [2.24, 2.45) is 0 Å². The Kier molecular flexibility index (Phi) is 5.14. The lowest BCUT2D eigenvalue weighted by Crippen LogP contribution is -2.16. The minimum absolute atomic E-state index is 0.128. The van der Waals surface area contributed by atoms with Crippen LogP contribution in [-0.4, -0.2) is 17.4 Å². The zero-order valence-electron chi connectivity index (χ0n) is 11.1. The van der Waals surface area contributed by atoms with E-state index in [-0.39, 0.29) is 5.56 Å². The van der Waals surface area contributed by atoms with Gasteiger partial charge in [0.1, 0.15) is 11.6 Å². The summed E-state index contributed by atoms with van der Waals surface area (Å²) in [5, 5.41) is 6.08. The standard InChI is InChI=1S/C14H12BrClFN3O/c1-2-18-13-10(6-9(17)7-19-13)14(21)20-12-5-8(16)3-4-11(12)15/h3-7H,2H2,1H3,(H,18,19)(H,20,21). The Morgan fingerprint density at radius 1 is 1.43 bits per heavy atom. The van der Waals surface area contributed by atoms with E-state index in [9.17, 15) is 9.18 Å². The number of aromatic nitrogens is 1. The highest BCUT2D eigenvalue weighted by Crippen LogP contribution is 2.27. The van der Waals surface area contributed by atoms with Crippen LogP contribution in [0.25, 0.3) is 0 Å². The molecule has 0 fully saturated rings. The first-order valence-electron chi connectivity index (χ1n) is 6.17. The maximum atomic E-state index is 13.3. The summed E-state index contributed by atoms with van der Waals surface area (Å²) < 4.78 is 14.0. The number of benzene rings is 1. The van der Waals surface area contributed by atoms with Crippen molar-refractivity contribution in [1.82, 2.24) is 4.98 Å². The molecule has 2 aromatic rings. The molecule has 1 aromatic carbocycles. The van der Waals surface area contributed by atoms with Crippen LogP contribution in [0.4, 0.5) is 15.9 Å². The van der Waals surface area contributed by atoms with E-state index in [2.05, 4.69) is 31.5 Å². The van der Waals surface area contributed by atoms with Crippen LogP contribution in [0.3, 0.4) is 0 Å². The van der Waals surface area contributed by atoms with Gasteiger partial charge in [-0.2, -0.15) is 0 Å². The van der Waals surface area contributed by atoms with Crippen molar-refractivity contribution in [3.63, 3.8) is 0 Å². The molecule has 4 nitrogen and oxygen atoms in total. The van der Waals surface area contributed by atoms with Crippen LogP contribution in [0.15, 0.2) is 34.9 Å². The van der Waals surface area contributed by atoms with Crippen LogP contribution in [0.1, 0.15) is 17.3 Å². The Bertz CT molecular complexity index is 681. The number of hydrogen-bond donors (Lipinski definition) is 2. The minimum atomic E-state index is -0.577. The quantitative estimate of drug-likeness (QED) is 0.840. The van der Waals surface area contributed by atoms with Crippen LogP contribution in [0.5, 0.6) is 0 Å². The number of rotatable bonds is 4. The smallest absolute Gasteiger partial charge is 0.259 e. The van der Waals surface area contributed by atoms with Crippen LogP contribution >= 0.6 is 27.5 Å². The highest BCUT2D eigenvalue weighted by Gasteiger charge is 2.15. The second-order valence-corrected chi connectivity index (χ2v) is 5.45. The fourth-order valence-electron chi connectivity index (χ4n) is 1.70. The number of carbonyl (C=O) groups is 1. The van der Waals surface area contributed by atoms with Gasteiger partial charge in [0.25, 0.3) is 5.91 Å². The average molecular weight is 373 g/mol. The van der Waals surface area contributed by atoms with Gasteiger partial charge in [-0.15, -0.1) is 0 Å². The second-order valence-electron chi connectivity index (χ2n) is 4.16. The van der Waals surface area contributed by atoms with Crippen molar-refractivity contribution in [3.8, 4) is 0 Å². The number of hydrogen-bond acceptors (Lipinski definition) is 3. The number of carbonyl (C=O) groups excluding carboxylic acids is 1. The van der Waals surface area contributed by atoms with Gasteiger partial charge in [-0.05, 0) is 47.1 Å². The third-order valence-corrected chi connectivity index (χ3v) is 3.55. The maximum Gasteiger partial charge on any atom is 0.259 e. The van der Waals surface area contributed by atoms with Crippen LogP contribution in [0.2, 0.25) is 5.02 Å². The Morgan fingerprint density at radius 2 is 2.19 bits per heavy atom. The summed E-state index contributed by atoms with van der Waals surface area (Å²) in [6.45, 7) is 2.43. The first-order chi connectivity index (χ1) is 10.0. The van der Waals surface area contributed by atoms with E-state index in [4.69, 9.17) is 11.6 Å². The largest absolute Gasteiger partial charge is 0.370 e. The first kappa shape index (κ1) is 15.7. The molecule has 0 aliphatic heterocycles. The number of halogens is 3. The fraction of sp³-hybridized carbons (Fsp3) is 0.143. The number of nitrogens with zero attached hydrogens (tertiary/aromatic N) is 1. The molecule has 0 unspecified atom stereocenters. The third-order valence-electron chi connectivity index (χ3n) is 2.62. The van der Waals surface area contributed by atoms with E-state index >= 15 is 0 Å². The zero-order valence-corrected chi connectivity index (χ0v) is 13.4. The maximum absolute atomic E-state index is 13.3. The topological polar surface area (TPSA) is 54.0 Å².